The molecule has 2 aromatic rings. The summed E-state index contributed by atoms with van der Waals surface area (Å²) < 4.78 is 1.80. The molecule has 2 heterocycles. The second kappa shape index (κ2) is 3.45. The second-order valence-corrected chi connectivity index (χ2v) is 2.84. The van der Waals surface area contributed by atoms with Gasteiger partial charge >= 0.3 is 0 Å². The summed E-state index contributed by atoms with van der Waals surface area (Å²) in [6, 6.07) is 1.45. The minimum Gasteiger partial charge on any atom is -0.313 e. The van der Waals surface area contributed by atoms with Crippen LogP contribution in [0, 0.1) is 0 Å². The Hall–Kier alpha value is -1.91. The lowest BCUT2D eigenvalue weighted by Gasteiger charge is -2.03. The first-order valence-electron chi connectivity index (χ1n) is 4.38. The van der Waals surface area contributed by atoms with Crippen LogP contribution >= 0.6 is 0 Å². The Morgan fingerprint density at radius 2 is 2.36 bits per heavy atom. The molecule has 0 saturated heterocycles. The fourth-order valence-electron chi connectivity index (χ4n) is 1.29. The molecule has 0 aliphatic heterocycles. The molecular formula is C9H10N4O. The minimum atomic E-state index is -0.161. The lowest BCUT2D eigenvalue weighted by molar-refractivity contribution is 0.857. The first-order chi connectivity index (χ1) is 6.81. The maximum atomic E-state index is 11.1. The third-order valence-corrected chi connectivity index (χ3v) is 1.94. The molecule has 5 heteroatoms. The van der Waals surface area contributed by atoms with Gasteiger partial charge in [0.25, 0.3) is 5.56 Å². The molecule has 0 aromatic carbocycles. The predicted molar refractivity (Wildman–Crippen MR) is 51.4 cm³/mol. The summed E-state index contributed by atoms with van der Waals surface area (Å²) in [6.07, 6.45) is 5.68. The highest BCUT2D eigenvalue weighted by molar-refractivity contribution is 5.21. The summed E-state index contributed by atoms with van der Waals surface area (Å²) >= 11 is 0. The molecule has 0 atom stereocenters. The summed E-state index contributed by atoms with van der Waals surface area (Å²) in [4.78, 5) is 21.7. The zero-order chi connectivity index (χ0) is 9.97. The van der Waals surface area contributed by atoms with Crippen LogP contribution in [0.3, 0.4) is 0 Å². The Morgan fingerprint density at radius 1 is 1.50 bits per heavy atom. The molecule has 0 aliphatic rings. The molecule has 0 spiro atoms. The SMILES string of the molecule is CCc1nccn1-c1cc(=O)[nH]cn1. The van der Waals surface area contributed by atoms with Crippen LogP contribution in [0.25, 0.3) is 5.82 Å². The summed E-state index contributed by atoms with van der Waals surface area (Å²) in [7, 11) is 0. The third-order valence-electron chi connectivity index (χ3n) is 1.94. The number of aromatic amines is 1. The van der Waals surface area contributed by atoms with Crippen LogP contribution in [0.15, 0.2) is 29.6 Å². The smallest absolute Gasteiger partial charge is 0.252 e. The van der Waals surface area contributed by atoms with Gasteiger partial charge in [-0.2, -0.15) is 0 Å². The number of hydrogen-bond donors (Lipinski definition) is 1. The van der Waals surface area contributed by atoms with Crippen LogP contribution in [0.1, 0.15) is 12.7 Å². The van der Waals surface area contributed by atoms with Crippen molar-refractivity contribution in [2.75, 3.05) is 0 Å². The lowest BCUT2D eigenvalue weighted by Crippen LogP contribution is -2.09. The fraction of sp³-hybridized carbons (Fsp3) is 0.222. The number of aromatic nitrogens is 4. The van der Waals surface area contributed by atoms with E-state index in [1.807, 2.05) is 6.92 Å². The fourth-order valence-corrected chi connectivity index (χ4v) is 1.29. The molecule has 0 aliphatic carbocycles. The summed E-state index contributed by atoms with van der Waals surface area (Å²) in [6.45, 7) is 2.01. The molecule has 0 unspecified atom stereocenters. The average molecular weight is 190 g/mol. The molecular weight excluding hydrogens is 180 g/mol. The topological polar surface area (TPSA) is 63.6 Å². The number of imidazole rings is 1. The van der Waals surface area contributed by atoms with Crippen molar-refractivity contribution in [1.29, 1.82) is 0 Å². The second-order valence-electron chi connectivity index (χ2n) is 2.84. The van der Waals surface area contributed by atoms with Gasteiger partial charge in [0.05, 0.1) is 6.33 Å². The van der Waals surface area contributed by atoms with E-state index in [2.05, 4.69) is 15.0 Å². The molecule has 14 heavy (non-hydrogen) atoms. The van der Waals surface area contributed by atoms with Crippen molar-refractivity contribution in [2.24, 2.45) is 0 Å². The number of rotatable bonds is 2. The van der Waals surface area contributed by atoms with Gasteiger partial charge in [0.15, 0.2) is 0 Å². The number of aryl methyl sites for hydroxylation is 1. The third kappa shape index (κ3) is 1.44. The molecule has 0 fully saturated rings. The van der Waals surface area contributed by atoms with Crippen molar-refractivity contribution < 1.29 is 0 Å². The highest BCUT2D eigenvalue weighted by Gasteiger charge is 2.03. The first kappa shape index (κ1) is 8.68. The van der Waals surface area contributed by atoms with Crippen LogP contribution in [0.5, 0.6) is 0 Å². The molecule has 0 amide bonds. The van der Waals surface area contributed by atoms with Gasteiger partial charge in [-0.1, -0.05) is 6.92 Å². The maximum Gasteiger partial charge on any atom is 0.252 e. The van der Waals surface area contributed by atoms with Crippen molar-refractivity contribution >= 4 is 0 Å². The van der Waals surface area contributed by atoms with Crippen LogP contribution in [-0.4, -0.2) is 19.5 Å². The minimum absolute atomic E-state index is 0.161. The van der Waals surface area contributed by atoms with Crippen molar-refractivity contribution in [3.63, 3.8) is 0 Å². The molecule has 1 N–H and O–H groups in total. The van der Waals surface area contributed by atoms with E-state index >= 15 is 0 Å². The molecule has 0 bridgehead atoms. The Labute approximate surface area is 80.5 Å². The maximum absolute atomic E-state index is 11.1. The summed E-state index contributed by atoms with van der Waals surface area (Å²) in [5, 5.41) is 0. The summed E-state index contributed by atoms with van der Waals surface area (Å²) in [5.41, 5.74) is -0.161. The van der Waals surface area contributed by atoms with Gasteiger partial charge < -0.3 is 4.98 Å². The van der Waals surface area contributed by atoms with Crippen LogP contribution in [0.4, 0.5) is 0 Å². The van der Waals surface area contributed by atoms with Gasteiger partial charge in [0.2, 0.25) is 0 Å². The van der Waals surface area contributed by atoms with E-state index in [-0.39, 0.29) is 5.56 Å². The number of H-pyrrole nitrogens is 1. The molecule has 0 saturated carbocycles. The highest BCUT2D eigenvalue weighted by Crippen LogP contribution is 2.04. The largest absolute Gasteiger partial charge is 0.313 e. The zero-order valence-corrected chi connectivity index (χ0v) is 7.77. The van der Waals surface area contributed by atoms with E-state index in [4.69, 9.17) is 0 Å². The number of nitrogens with one attached hydrogen (secondary N) is 1. The molecule has 72 valence electrons. The lowest BCUT2D eigenvalue weighted by atomic mass is 10.4. The molecule has 5 nitrogen and oxygen atoms in total. The van der Waals surface area contributed by atoms with Crippen LogP contribution < -0.4 is 5.56 Å². The van der Waals surface area contributed by atoms with Gasteiger partial charge in [0, 0.05) is 24.9 Å². The van der Waals surface area contributed by atoms with E-state index in [1.54, 1.807) is 17.0 Å². The number of nitrogens with zero attached hydrogens (tertiary/aromatic N) is 3. The standard InChI is InChI=1S/C9H10N4O/c1-2-7-10-3-4-13(7)8-5-9(14)12-6-11-8/h3-6H,2H2,1H3,(H,11,12,14). The Morgan fingerprint density at radius 3 is 3.07 bits per heavy atom. The van der Waals surface area contributed by atoms with Crippen molar-refractivity contribution in [3.05, 3.63) is 41.0 Å². The van der Waals surface area contributed by atoms with Crippen molar-refractivity contribution in [2.45, 2.75) is 13.3 Å². The molecule has 2 aromatic heterocycles. The first-order valence-corrected chi connectivity index (χ1v) is 4.38. The average Bonchev–Trinajstić information content (AvgIpc) is 2.65. The normalized spacial score (nSPS) is 10.4. The van der Waals surface area contributed by atoms with Gasteiger partial charge in [-0.3, -0.25) is 9.36 Å². The predicted octanol–water partition coefficient (Wildman–Crippen LogP) is 0.518. The van der Waals surface area contributed by atoms with Gasteiger partial charge in [-0.15, -0.1) is 0 Å². The van der Waals surface area contributed by atoms with Crippen molar-refractivity contribution in [3.8, 4) is 5.82 Å². The van der Waals surface area contributed by atoms with E-state index in [0.717, 1.165) is 12.2 Å². The quantitative estimate of drug-likeness (QED) is 0.750. The Bertz CT molecular complexity index is 485. The van der Waals surface area contributed by atoms with Crippen LogP contribution in [0.2, 0.25) is 0 Å². The van der Waals surface area contributed by atoms with Gasteiger partial charge in [-0.05, 0) is 0 Å². The molecule has 0 radical (unpaired) electrons. The van der Waals surface area contributed by atoms with E-state index in [9.17, 15) is 4.79 Å². The monoisotopic (exact) mass is 190 g/mol. The van der Waals surface area contributed by atoms with E-state index in [0.29, 0.717) is 5.82 Å². The van der Waals surface area contributed by atoms with Gasteiger partial charge in [-0.25, -0.2) is 9.97 Å². The number of hydrogen-bond acceptors (Lipinski definition) is 3. The van der Waals surface area contributed by atoms with E-state index in [1.165, 1.54) is 12.4 Å². The Balaban J connectivity index is 2.54. The van der Waals surface area contributed by atoms with Gasteiger partial charge in [0.1, 0.15) is 11.6 Å². The van der Waals surface area contributed by atoms with Crippen molar-refractivity contribution in [1.82, 2.24) is 19.5 Å². The van der Waals surface area contributed by atoms with Crippen LogP contribution in [-0.2, 0) is 6.42 Å². The highest BCUT2D eigenvalue weighted by atomic mass is 16.1. The van der Waals surface area contributed by atoms with E-state index < -0.39 is 0 Å². The zero-order valence-electron chi connectivity index (χ0n) is 7.77. The Kier molecular flexibility index (Phi) is 2.14. The molecule has 2 rings (SSSR count). The summed E-state index contributed by atoms with van der Waals surface area (Å²) in [5.74, 6) is 1.49.